The van der Waals surface area contributed by atoms with Crippen molar-refractivity contribution in [3.05, 3.63) is 59.2 Å². The van der Waals surface area contributed by atoms with Crippen molar-refractivity contribution in [1.29, 1.82) is 0 Å². The number of carbonyl (C=O) groups excluding carboxylic acids is 2. The number of esters is 1. The SMILES string of the molecule is CCCCCCCCCCOc1ccc(C(=O)c2cccc(-c3nn[nH]n3)c2)cc1CCC(=O)OCC. The maximum absolute atomic E-state index is 13.3. The minimum Gasteiger partial charge on any atom is -0.493 e. The fraction of sp³-hybridized carbons (Fsp3) is 0.483. The molecule has 3 aromatic rings. The number of H-pyrrole nitrogens is 1. The number of hydrogen-bond acceptors (Lipinski definition) is 7. The second-order valence-electron chi connectivity index (χ2n) is 9.10. The highest BCUT2D eigenvalue weighted by molar-refractivity contribution is 6.09. The average Bonchev–Trinajstić information content (AvgIpc) is 3.46. The van der Waals surface area contributed by atoms with Crippen LogP contribution in [0.15, 0.2) is 42.5 Å². The maximum Gasteiger partial charge on any atom is 0.306 e. The van der Waals surface area contributed by atoms with Crippen molar-refractivity contribution in [2.45, 2.75) is 78.1 Å². The van der Waals surface area contributed by atoms with E-state index in [0.29, 0.717) is 47.9 Å². The first-order valence-electron chi connectivity index (χ1n) is 13.4. The number of ketones is 1. The first-order chi connectivity index (χ1) is 18.1. The van der Waals surface area contributed by atoms with Crippen LogP contribution in [0, 0.1) is 0 Å². The number of carbonyl (C=O) groups is 2. The van der Waals surface area contributed by atoms with E-state index in [-0.39, 0.29) is 18.2 Å². The summed E-state index contributed by atoms with van der Waals surface area (Å²) in [6.07, 6.45) is 10.5. The third-order valence-electron chi connectivity index (χ3n) is 6.21. The molecule has 8 heteroatoms. The molecule has 1 N–H and O–H groups in total. The standard InChI is InChI=1S/C29H38N4O4/c1-3-5-6-7-8-9-10-11-19-37-26-17-15-24(20-22(26)16-18-27(34)36-4-2)28(35)23-13-12-14-25(21-23)29-30-32-33-31-29/h12-15,17,20-21H,3-11,16,18-19H2,1-2H3,(H,30,31,32,33). The van der Waals surface area contributed by atoms with Gasteiger partial charge in [-0.05, 0) is 54.8 Å². The lowest BCUT2D eigenvalue weighted by Crippen LogP contribution is -2.08. The summed E-state index contributed by atoms with van der Waals surface area (Å²) in [6, 6.07) is 12.6. The number of ether oxygens (including phenoxy) is 2. The molecule has 0 spiro atoms. The molecule has 0 aliphatic carbocycles. The summed E-state index contributed by atoms with van der Waals surface area (Å²) in [5.41, 5.74) is 2.58. The topological polar surface area (TPSA) is 107 Å². The van der Waals surface area contributed by atoms with Gasteiger partial charge in [-0.15, -0.1) is 10.2 Å². The molecule has 3 rings (SSSR count). The quantitative estimate of drug-likeness (QED) is 0.134. The number of nitrogens with one attached hydrogen (secondary N) is 1. The molecule has 1 heterocycles. The van der Waals surface area contributed by atoms with Gasteiger partial charge in [0.2, 0.25) is 5.82 Å². The molecule has 0 fully saturated rings. The van der Waals surface area contributed by atoms with E-state index in [1.807, 2.05) is 18.2 Å². The van der Waals surface area contributed by atoms with Gasteiger partial charge in [0.1, 0.15) is 5.75 Å². The Hall–Kier alpha value is -3.55. The number of benzene rings is 2. The third-order valence-corrected chi connectivity index (χ3v) is 6.21. The molecule has 2 aromatic carbocycles. The van der Waals surface area contributed by atoms with E-state index in [1.54, 1.807) is 31.2 Å². The molecule has 0 radical (unpaired) electrons. The predicted molar refractivity (Wildman–Crippen MR) is 143 cm³/mol. The van der Waals surface area contributed by atoms with Crippen LogP contribution in [0.25, 0.3) is 11.4 Å². The molecule has 1 aromatic heterocycles. The first-order valence-corrected chi connectivity index (χ1v) is 13.4. The number of rotatable bonds is 17. The molecule has 0 aliphatic heterocycles. The number of unbranched alkanes of at least 4 members (excludes halogenated alkanes) is 7. The number of nitrogens with zero attached hydrogens (tertiary/aromatic N) is 3. The zero-order chi connectivity index (χ0) is 26.3. The molecule has 0 amide bonds. The summed E-state index contributed by atoms with van der Waals surface area (Å²) in [7, 11) is 0. The van der Waals surface area contributed by atoms with Crippen molar-refractivity contribution < 1.29 is 19.1 Å². The lowest BCUT2D eigenvalue weighted by Gasteiger charge is -2.13. The van der Waals surface area contributed by atoms with Gasteiger partial charge >= 0.3 is 5.97 Å². The van der Waals surface area contributed by atoms with Crippen LogP contribution < -0.4 is 4.74 Å². The van der Waals surface area contributed by atoms with Crippen LogP contribution >= 0.6 is 0 Å². The molecule has 0 aliphatic rings. The highest BCUT2D eigenvalue weighted by Crippen LogP contribution is 2.25. The Bertz CT molecular complexity index is 1110. The minimum atomic E-state index is -0.263. The molecule has 37 heavy (non-hydrogen) atoms. The lowest BCUT2D eigenvalue weighted by molar-refractivity contribution is -0.143. The van der Waals surface area contributed by atoms with E-state index in [2.05, 4.69) is 27.5 Å². The molecule has 0 unspecified atom stereocenters. The van der Waals surface area contributed by atoms with Crippen molar-refractivity contribution in [3.8, 4) is 17.1 Å². The van der Waals surface area contributed by atoms with Gasteiger partial charge in [0.25, 0.3) is 0 Å². The van der Waals surface area contributed by atoms with Gasteiger partial charge in [0.05, 0.1) is 13.2 Å². The number of aryl methyl sites for hydroxylation is 1. The molecule has 0 atom stereocenters. The van der Waals surface area contributed by atoms with Gasteiger partial charge in [0.15, 0.2) is 5.78 Å². The number of tetrazole rings is 1. The van der Waals surface area contributed by atoms with Crippen LogP contribution in [-0.4, -0.2) is 45.6 Å². The maximum atomic E-state index is 13.3. The van der Waals surface area contributed by atoms with Crippen molar-refractivity contribution >= 4 is 11.8 Å². The molecular formula is C29H38N4O4. The van der Waals surface area contributed by atoms with E-state index >= 15 is 0 Å². The Labute approximate surface area is 219 Å². The number of aromatic amines is 1. The van der Waals surface area contributed by atoms with Crippen LogP contribution in [0.3, 0.4) is 0 Å². The normalized spacial score (nSPS) is 10.9. The average molecular weight is 507 g/mol. The van der Waals surface area contributed by atoms with Crippen molar-refractivity contribution in [2.24, 2.45) is 0 Å². The van der Waals surface area contributed by atoms with Crippen LogP contribution in [0.4, 0.5) is 0 Å². The molecule has 0 saturated carbocycles. The second kappa shape index (κ2) is 15.5. The van der Waals surface area contributed by atoms with Crippen LogP contribution in [0.5, 0.6) is 5.75 Å². The van der Waals surface area contributed by atoms with Crippen molar-refractivity contribution in [3.63, 3.8) is 0 Å². The molecular weight excluding hydrogens is 468 g/mol. The Kier molecular flexibility index (Phi) is 11.8. The largest absolute Gasteiger partial charge is 0.493 e. The van der Waals surface area contributed by atoms with Gasteiger partial charge in [0, 0.05) is 23.1 Å². The van der Waals surface area contributed by atoms with Crippen LogP contribution in [0.2, 0.25) is 0 Å². The van der Waals surface area contributed by atoms with E-state index in [4.69, 9.17) is 9.47 Å². The number of aromatic nitrogens is 4. The summed E-state index contributed by atoms with van der Waals surface area (Å²) in [4.78, 5) is 25.3. The van der Waals surface area contributed by atoms with Gasteiger partial charge in [-0.2, -0.15) is 5.21 Å². The van der Waals surface area contributed by atoms with Gasteiger partial charge < -0.3 is 9.47 Å². The van der Waals surface area contributed by atoms with Gasteiger partial charge in [-0.1, -0.05) is 70.1 Å². The Morgan fingerprint density at radius 3 is 2.38 bits per heavy atom. The molecule has 8 nitrogen and oxygen atoms in total. The summed E-state index contributed by atoms with van der Waals surface area (Å²) < 4.78 is 11.2. The first kappa shape index (κ1) is 28.0. The zero-order valence-corrected chi connectivity index (χ0v) is 22.0. The zero-order valence-electron chi connectivity index (χ0n) is 22.0. The Morgan fingerprint density at radius 1 is 0.892 bits per heavy atom. The van der Waals surface area contributed by atoms with Gasteiger partial charge in [-0.25, -0.2) is 0 Å². The third kappa shape index (κ3) is 9.12. The van der Waals surface area contributed by atoms with Crippen LogP contribution in [-0.2, 0) is 16.0 Å². The Balaban J connectivity index is 1.65. The highest BCUT2D eigenvalue weighted by atomic mass is 16.5. The monoisotopic (exact) mass is 506 g/mol. The highest BCUT2D eigenvalue weighted by Gasteiger charge is 2.15. The van der Waals surface area contributed by atoms with E-state index < -0.39 is 0 Å². The summed E-state index contributed by atoms with van der Waals surface area (Å²) in [6.45, 7) is 4.98. The van der Waals surface area contributed by atoms with Gasteiger partial charge in [-0.3, -0.25) is 9.59 Å². The molecule has 0 bridgehead atoms. The Morgan fingerprint density at radius 2 is 1.65 bits per heavy atom. The second-order valence-corrected chi connectivity index (χ2v) is 9.10. The minimum absolute atomic E-state index is 0.127. The van der Waals surface area contributed by atoms with Crippen molar-refractivity contribution in [1.82, 2.24) is 20.6 Å². The van der Waals surface area contributed by atoms with Crippen molar-refractivity contribution in [2.75, 3.05) is 13.2 Å². The van der Waals surface area contributed by atoms with E-state index in [0.717, 1.165) is 18.4 Å². The molecule has 0 saturated heterocycles. The van der Waals surface area contributed by atoms with Crippen LogP contribution in [0.1, 0.15) is 93.1 Å². The fourth-order valence-corrected chi connectivity index (χ4v) is 4.20. The smallest absolute Gasteiger partial charge is 0.306 e. The summed E-state index contributed by atoms with van der Waals surface area (Å²) in [5, 5.41) is 14.0. The van der Waals surface area contributed by atoms with E-state index in [9.17, 15) is 9.59 Å². The summed E-state index contributed by atoms with van der Waals surface area (Å²) >= 11 is 0. The lowest BCUT2D eigenvalue weighted by atomic mass is 9.97. The fourth-order valence-electron chi connectivity index (χ4n) is 4.20. The molecule has 198 valence electrons. The number of hydrogen-bond donors (Lipinski definition) is 1. The summed E-state index contributed by atoms with van der Waals surface area (Å²) in [5.74, 6) is 0.747. The predicted octanol–water partition coefficient (Wildman–Crippen LogP) is 6.11. The van der Waals surface area contributed by atoms with E-state index in [1.165, 1.54) is 38.5 Å².